The quantitative estimate of drug-likeness (QED) is 0.514. The van der Waals surface area contributed by atoms with Crippen LogP contribution in [0.15, 0.2) is 53.4 Å². The molecule has 1 aromatic carbocycles. The van der Waals surface area contributed by atoms with Gasteiger partial charge in [-0.1, -0.05) is 29.8 Å². The van der Waals surface area contributed by atoms with Gasteiger partial charge >= 0.3 is 0 Å². The summed E-state index contributed by atoms with van der Waals surface area (Å²) in [5, 5.41) is 5.52. The molecule has 0 spiro atoms. The molecule has 3 rings (SSSR count). The van der Waals surface area contributed by atoms with Gasteiger partial charge in [-0.15, -0.1) is 11.3 Å². The van der Waals surface area contributed by atoms with Crippen molar-refractivity contribution < 1.29 is 9.59 Å². The number of thiazole rings is 1. The Labute approximate surface area is 188 Å². The largest absolute Gasteiger partial charge is 0.350 e. The van der Waals surface area contributed by atoms with Crippen LogP contribution in [0.2, 0.25) is 0 Å². The van der Waals surface area contributed by atoms with E-state index in [0.717, 1.165) is 38.2 Å². The molecule has 2 aromatic rings. The number of nitrogens with one attached hydrogen (secondary N) is 1. The fraction of sp³-hybridized carbons (Fsp3) is 0.375. The maximum atomic E-state index is 12.3. The van der Waals surface area contributed by atoms with E-state index in [4.69, 9.17) is 0 Å². The average molecular weight is 439 g/mol. The maximum absolute atomic E-state index is 12.3. The molecule has 0 unspecified atom stereocenters. The molecule has 31 heavy (non-hydrogen) atoms. The molecule has 1 fully saturated rings. The molecule has 0 bridgehead atoms. The Kier molecular flexibility index (Phi) is 8.14. The lowest BCUT2D eigenvalue weighted by atomic mass is 10.0. The molecule has 1 saturated heterocycles. The average Bonchev–Trinajstić information content (AvgIpc) is 3.21. The summed E-state index contributed by atoms with van der Waals surface area (Å²) in [6.45, 7) is 8.72. The normalized spacial score (nSPS) is 15.1. The Hall–Kier alpha value is -2.77. The Balaban J connectivity index is 1.53. The monoisotopic (exact) mass is 438 g/mol. The summed E-state index contributed by atoms with van der Waals surface area (Å²) in [7, 11) is 0. The van der Waals surface area contributed by atoms with E-state index < -0.39 is 0 Å². The first kappa shape index (κ1) is 22.9. The highest BCUT2D eigenvalue weighted by Crippen LogP contribution is 2.29. The third kappa shape index (κ3) is 6.87. The van der Waals surface area contributed by atoms with Gasteiger partial charge in [-0.05, 0) is 44.9 Å². The van der Waals surface area contributed by atoms with Gasteiger partial charge in [0.15, 0.2) is 5.13 Å². The number of anilines is 2. The number of allylic oxidation sites excluding steroid dienone is 1. The van der Waals surface area contributed by atoms with Gasteiger partial charge in [0.2, 0.25) is 11.8 Å². The number of piperidine rings is 1. The smallest absolute Gasteiger partial charge is 0.244 e. The molecule has 1 aliphatic rings. The van der Waals surface area contributed by atoms with Crippen molar-refractivity contribution in [1.82, 2.24) is 15.2 Å². The molecule has 0 aliphatic carbocycles. The van der Waals surface area contributed by atoms with Crippen LogP contribution in [0.3, 0.4) is 0 Å². The molecule has 1 aliphatic heterocycles. The number of amides is 2. The maximum Gasteiger partial charge on any atom is 0.244 e. The van der Waals surface area contributed by atoms with Crippen molar-refractivity contribution in [3.05, 3.63) is 59.1 Å². The van der Waals surface area contributed by atoms with Crippen LogP contribution in [-0.2, 0) is 9.59 Å². The van der Waals surface area contributed by atoms with Crippen molar-refractivity contribution in [2.45, 2.75) is 39.7 Å². The van der Waals surface area contributed by atoms with E-state index in [1.54, 1.807) is 11.0 Å². The van der Waals surface area contributed by atoms with Crippen LogP contribution < -0.4 is 10.2 Å². The summed E-state index contributed by atoms with van der Waals surface area (Å²) in [6, 6.07) is 9.63. The molecular weight excluding hydrogens is 408 g/mol. The minimum absolute atomic E-state index is 0.107. The minimum Gasteiger partial charge on any atom is -0.350 e. The molecule has 2 heterocycles. The van der Waals surface area contributed by atoms with Crippen LogP contribution in [0.5, 0.6) is 0 Å². The minimum atomic E-state index is -0.108. The molecule has 7 heteroatoms. The van der Waals surface area contributed by atoms with Gasteiger partial charge in [-0.3, -0.25) is 19.4 Å². The zero-order valence-corrected chi connectivity index (χ0v) is 19.2. The van der Waals surface area contributed by atoms with Gasteiger partial charge in [-0.2, -0.15) is 0 Å². The first-order valence-electron chi connectivity index (χ1n) is 10.6. The molecule has 0 atom stereocenters. The number of carbonyl (C=O) groups excluding carboxylic acids is 2. The van der Waals surface area contributed by atoms with Crippen LogP contribution in [0.4, 0.5) is 10.8 Å². The molecule has 1 N–H and O–H groups in total. The molecule has 2 amide bonds. The Morgan fingerprint density at radius 3 is 2.55 bits per heavy atom. The molecule has 1 aromatic heterocycles. The number of hydrogen-bond acceptors (Lipinski definition) is 5. The number of benzene rings is 1. The highest BCUT2D eigenvalue weighted by molar-refractivity contribution is 7.14. The Bertz CT molecular complexity index is 939. The summed E-state index contributed by atoms with van der Waals surface area (Å²) in [5.41, 5.74) is 2.77. The van der Waals surface area contributed by atoms with Gasteiger partial charge in [0.1, 0.15) is 0 Å². The van der Waals surface area contributed by atoms with Crippen molar-refractivity contribution in [3.63, 3.8) is 0 Å². The van der Waals surface area contributed by atoms with Crippen molar-refractivity contribution >= 4 is 40.0 Å². The summed E-state index contributed by atoms with van der Waals surface area (Å²) in [5.74, 6) is -0.214. The standard InChI is InChI=1S/C24H30N4O2S/c1-18(2)11-14-27-15-12-20(13-16-27)25-23(30)10-9-21-17-31-24(26-21)28(19(3)29)22-7-5-4-6-8-22/h4-11,17,20H,12-16H2,1-3H3,(H,25,30)/b10-9+. The van der Waals surface area contributed by atoms with E-state index in [1.165, 1.54) is 29.9 Å². The van der Waals surface area contributed by atoms with Gasteiger partial charge in [0.25, 0.3) is 0 Å². The SMILES string of the molecule is CC(=O)N(c1ccccc1)c1nc(/C=C/C(=O)NC2CCN(CC=C(C)C)CC2)cs1. The fourth-order valence-electron chi connectivity index (χ4n) is 3.44. The summed E-state index contributed by atoms with van der Waals surface area (Å²) in [6.07, 6.45) is 7.38. The first-order valence-corrected chi connectivity index (χ1v) is 11.5. The number of nitrogens with zero attached hydrogens (tertiary/aromatic N) is 3. The molecular formula is C24H30N4O2S. The second-order valence-corrected chi connectivity index (χ2v) is 8.78. The van der Waals surface area contributed by atoms with Gasteiger partial charge < -0.3 is 5.32 Å². The predicted octanol–water partition coefficient (Wildman–Crippen LogP) is 4.39. The Morgan fingerprint density at radius 1 is 1.19 bits per heavy atom. The number of para-hydroxylation sites is 1. The lowest BCUT2D eigenvalue weighted by Gasteiger charge is -2.31. The van der Waals surface area contributed by atoms with Crippen LogP contribution >= 0.6 is 11.3 Å². The third-order valence-electron chi connectivity index (χ3n) is 5.13. The highest BCUT2D eigenvalue weighted by Gasteiger charge is 2.20. The van der Waals surface area contributed by atoms with Crippen LogP contribution in [0, 0.1) is 0 Å². The Morgan fingerprint density at radius 2 is 1.90 bits per heavy atom. The number of rotatable bonds is 7. The van der Waals surface area contributed by atoms with E-state index in [9.17, 15) is 9.59 Å². The number of carbonyl (C=O) groups is 2. The zero-order chi connectivity index (χ0) is 22.2. The zero-order valence-electron chi connectivity index (χ0n) is 18.4. The fourth-order valence-corrected chi connectivity index (χ4v) is 4.30. The van der Waals surface area contributed by atoms with Crippen molar-refractivity contribution in [2.75, 3.05) is 24.5 Å². The van der Waals surface area contributed by atoms with Crippen molar-refractivity contribution in [1.29, 1.82) is 0 Å². The first-order chi connectivity index (χ1) is 14.9. The predicted molar refractivity (Wildman–Crippen MR) is 127 cm³/mol. The lowest BCUT2D eigenvalue weighted by molar-refractivity contribution is -0.117. The lowest BCUT2D eigenvalue weighted by Crippen LogP contribution is -2.44. The second kappa shape index (κ2) is 11.0. The molecule has 164 valence electrons. The third-order valence-corrected chi connectivity index (χ3v) is 5.97. The number of hydrogen-bond donors (Lipinski definition) is 1. The molecule has 0 radical (unpaired) electrons. The summed E-state index contributed by atoms with van der Waals surface area (Å²) < 4.78 is 0. The summed E-state index contributed by atoms with van der Waals surface area (Å²) in [4.78, 5) is 33.0. The van der Waals surface area contributed by atoms with Gasteiger partial charge in [-0.25, -0.2) is 4.98 Å². The van der Waals surface area contributed by atoms with E-state index in [1.807, 2.05) is 35.7 Å². The molecule has 6 nitrogen and oxygen atoms in total. The number of likely N-dealkylation sites (tertiary alicyclic amines) is 1. The second-order valence-electron chi connectivity index (χ2n) is 7.94. The van der Waals surface area contributed by atoms with Gasteiger partial charge in [0.05, 0.1) is 11.4 Å². The summed E-state index contributed by atoms with van der Waals surface area (Å²) >= 11 is 1.38. The van der Waals surface area contributed by atoms with E-state index in [-0.39, 0.29) is 17.9 Å². The van der Waals surface area contributed by atoms with Crippen molar-refractivity contribution in [3.8, 4) is 0 Å². The van der Waals surface area contributed by atoms with Crippen molar-refractivity contribution in [2.24, 2.45) is 0 Å². The molecule has 0 saturated carbocycles. The van der Waals surface area contributed by atoms with E-state index in [2.05, 4.69) is 35.1 Å². The van der Waals surface area contributed by atoms with E-state index >= 15 is 0 Å². The van der Waals surface area contributed by atoms with Crippen LogP contribution in [0.25, 0.3) is 6.08 Å². The number of aromatic nitrogens is 1. The van der Waals surface area contributed by atoms with E-state index in [0.29, 0.717) is 10.8 Å². The van der Waals surface area contributed by atoms with Gasteiger partial charge in [0, 0.05) is 44.1 Å². The van der Waals surface area contributed by atoms with Crippen LogP contribution in [0.1, 0.15) is 39.3 Å². The highest BCUT2D eigenvalue weighted by atomic mass is 32.1. The topological polar surface area (TPSA) is 65.5 Å². The van der Waals surface area contributed by atoms with Crippen LogP contribution in [-0.4, -0.2) is 47.4 Å².